The Hall–Kier alpha value is 0.506. The first kappa shape index (κ1) is 7.51. The van der Waals surface area contributed by atoms with Crippen LogP contribution in [-0.4, -0.2) is 72.0 Å². The zero-order chi connectivity index (χ0) is 4.41. The number of nitrogens with one attached hydrogen (secondary N) is 1. The molecule has 0 spiro atoms. The van der Waals surface area contributed by atoms with Crippen LogP contribution in [0, 0.1) is 0 Å². The average molecular weight is 125 g/mol. The van der Waals surface area contributed by atoms with E-state index in [2.05, 4.69) is 20.6 Å². The average Bonchev–Trinajstić information content (AvgIpc) is 1.86. The fourth-order valence-corrected chi connectivity index (χ4v) is 0.166. The standard InChI is InChI=1S/CH3N5.K.H/c2-1-3-5-6-4-1;;/h(H3,2,3,4,5,6);;. The second-order valence-corrected chi connectivity index (χ2v) is 0.786. The summed E-state index contributed by atoms with van der Waals surface area (Å²) in [6.07, 6.45) is 0. The fraction of sp³-hybridized carbons (Fsp3) is 0. The SMILES string of the molecule is Nc1nnn[nH]1.[KH]. The summed E-state index contributed by atoms with van der Waals surface area (Å²) in [5.74, 6) is 0.245. The first-order chi connectivity index (χ1) is 2.89. The van der Waals surface area contributed by atoms with Gasteiger partial charge < -0.3 is 5.73 Å². The van der Waals surface area contributed by atoms with Crippen LogP contribution >= 0.6 is 0 Å². The monoisotopic (exact) mass is 125 g/mol. The minimum absolute atomic E-state index is 0. The molecule has 0 aliphatic carbocycles. The molecule has 1 heterocycles. The molecule has 0 amide bonds. The van der Waals surface area contributed by atoms with Crippen molar-refractivity contribution in [2.24, 2.45) is 0 Å². The predicted molar refractivity (Wildman–Crippen MR) is 25.7 cm³/mol. The van der Waals surface area contributed by atoms with E-state index in [1.165, 1.54) is 0 Å². The van der Waals surface area contributed by atoms with Gasteiger partial charge in [0.05, 0.1) is 0 Å². The van der Waals surface area contributed by atoms with Crippen molar-refractivity contribution in [1.82, 2.24) is 20.6 Å². The third kappa shape index (κ3) is 2.34. The number of tetrazole rings is 1. The predicted octanol–water partition coefficient (Wildman–Crippen LogP) is -1.87. The summed E-state index contributed by atoms with van der Waals surface area (Å²) >= 11 is 0. The van der Waals surface area contributed by atoms with Gasteiger partial charge in [-0.25, -0.2) is 5.10 Å². The molecular weight excluding hydrogens is 121 g/mol. The summed E-state index contributed by atoms with van der Waals surface area (Å²) < 4.78 is 0. The van der Waals surface area contributed by atoms with E-state index in [0.717, 1.165) is 0 Å². The quantitative estimate of drug-likeness (QED) is 0.398. The molecule has 7 heavy (non-hydrogen) atoms. The molecule has 0 aliphatic heterocycles. The number of aromatic amines is 1. The molecule has 5 nitrogen and oxygen atoms in total. The summed E-state index contributed by atoms with van der Waals surface area (Å²) in [6.45, 7) is 0. The van der Waals surface area contributed by atoms with Crippen molar-refractivity contribution < 1.29 is 0 Å². The van der Waals surface area contributed by atoms with E-state index in [4.69, 9.17) is 5.73 Å². The number of nitrogens with two attached hydrogens (primary N) is 1. The maximum atomic E-state index is 4.99. The number of rotatable bonds is 0. The topological polar surface area (TPSA) is 80.5 Å². The molecule has 1 aromatic heterocycles. The van der Waals surface area contributed by atoms with Crippen molar-refractivity contribution in [3.8, 4) is 0 Å². The first-order valence-electron chi connectivity index (χ1n) is 1.39. The van der Waals surface area contributed by atoms with Gasteiger partial charge in [-0.3, -0.25) is 0 Å². The summed E-state index contributed by atoms with van der Waals surface area (Å²) in [6, 6.07) is 0. The van der Waals surface area contributed by atoms with Gasteiger partial charge in [0.1, 0.15) is 0 Å². The van der Waals surface area contributed by atoms with E-state index in [-0.39, 0.29) is 57.3 Å². The van der Waals surface area contributed by atoms with Gasteiger partial charge in [-0.2, -0.15) is 0 Å². The van der Waals surface area contributed by atoms with Crippen molar-refractivity contribution in [3.63, 3.8) is 0 Å². The Morgan fingerprint density at radius 2 is 2.29 bits per heavy atom. The Labute approximate surface area is 82.5 Å². The van der Waals surface area contributed by atoms with E-state index < -0.39 is 0 Å². The van der Waals surface area contributed by atoms with Crippen molar-refractivity contribution in [1.29, 1.82) is 0 Å². The van der Waals surface area contributed by atoms with Crippen molar-refractivity contribution in [2.75, 3.05) is 5.73 Å². The van der Waals surface area contributed by atoms with Crippen molar-refractivity contribution in [2.45, 2.75) is 0 Å². The van der Waals surface area contributed by atoms with Gasteiger partial charge in [-0.05, 0) is 10.4 Å². The van der Waals surface area contributed by atoms with Gasteiger partial charge in [-0.1, -0.05) is 5.10 Å². The zero-order valence-corrected chi connectivity index (χ0v) is 2.92. The van der Waals surface area contributed by atoms with Crippen LogP contribution < -0.4 is 5.73 Å². The number of hydrogen-bond donors (Lipinski definition) is 2. The van der Waals surface area contributed by atoms with E-state index in [1.807, 2.05) is 0 Å². The van der Waals surface area contributed by atoms with Gasteiger partial charge >= 0.3 is 51.4 Å². The molecule has 0 aromatic carbocycles. The number of nitrogen functional groups attached to an aromatic ring is 1. The molecule has 3 N–H and O–H groups in total. The summed E-state index contributed by atoms with van der Waals surface area (Å²) in [5.41, 5.74) is 4.99. The van der Waals surface area contributed by atoms with Crippen LogP contribution in [0.4, 0.5) is 5.95 Å². The zero-order valence-electron chi connectivity index (χ0n) is 2.92. The van der Waals surface area contributed by atoms with Crippen molar-refractivity contribution in [3.05, 3.63) is 0 Å². The molecule has 0 saturated carbocycles. The van der Waals surface area contributed by atoms with Gasteiger partial charge in [-0.15, -0.1) is 0 Å². The Bertz CT molecular complexity index is 112. The molecule has 0 fully saturated rings. The van der Waals surface area contributed by atoms with Crippen LogP contribution in [0.2, 0.25) is 0 Å². The maximum absolute atomic E-state index is 4.99. The third-order valence-corrected chi connectivity index (χ3v) is 0.362. The molecule has 0 radical (unpaired) electrons. The van der Waals surface area contributed by atoms with Gasteiger partial charge in [0, 0.05) is 0 Å². The van der Waals surface area contributed by atoms with Crippen LogP contribution in [-0.2, 0) is 0 Å². The summed E-state index contributed by atoms with van der Waals surface area (Å²) in [4.78, 5) is 0. The van der Waals surface area contributed by atoms with E-state index >= 15 is 0 Å². The summed E-state index contributed by atoms with van der Waals surface area (Å²) in [5, 5.41) is 11.9. The molecule has 0 aliphatic rings. The van der Waals surface area contributed by atoms with Crippen molar-refractivity contribution >= 4 is 57.3 Å². The van der Waals surface area contributed by atoms with Gasteiger partial charge in [0.25, 0.3) is 0 Å². The van der Waals surface area contributed by atoms with Crippen LogP contribution in [0.15, 0.2) is 0 Å². The normalized spacial score (nSPS) is 7.43. The molecule has 6 heteroatoms. The number of aromatic nitrogens is 4. The van der Waals surface area contributed by atoms with E-state index in [1.54, 1.807) is 0 Å². The second kappa shape index (κ2) is 3.50. The second-order valence-electron chi connectivity index (χ2n) is 0.786. The number of nitrogens with zero attached hydrogens (tertiary/aromatic N) is 3. The van der Waals surface area contributed by atoms with E-state index in [9.17, 15) is 0 Å². The fourth-order valence-electron chi connectivity index (χ4n) is 0.166. The molecule has 1 aromatic rings. The molecule has 0 unspecified atom stereocenters. The van der Waals surface area contributed by atoms with Crippen LogP contribution in [0.3, 0.4) is 0 Å². The molecule has 0 saturated heterocycles. The molecule has 34 valence electrons. The Morgan fingerprint density at radius 3 is 2.43 bits per heavy atom. The minimum atomic E-state index is 0. The van der Waals surface area contributed by atoms with Crippen LogP contribution in [0.1, 0.15) is 0 Å². The van der Waals surface area contributed by atoms with Crippen LogP contribution in [0.25, 0.3) is 0 Å². The molecular formula is CH4KN5. The molecule has 0 atom stereocenters. The third-order valence-electron chi connectivity index (χ3n) is 0.362. The Balaban J connectivity index is 0.000000360. The summed E-state index contributed by atoms with van der Waals surface area (Å²) in [7, 11) is 0. The Kier molecular flexibility index (Phi) is 3.75. The first-order valence-corrected chi connectivity index (χ1v) is 1.39. The van der Waals surface area contributed by atoms with E-state index in [0.29, 0.717) is 0 Å². The van der Waals surface area contributed by atoms with Gasteiger partial charge in [0.15, 0.2) is 0 Å². The van der Waals surface area contributed by atoms with Gasteiger partial charge in [0.2, 0.25) is 5.95 Å². The van der Waals surface area contributed by atoms with Crippen LogP contribution in [0.5, 0.6) is 0 Å². The molecule has 1 rings (SSSR count). The molecule has 0 bridgehead atoms. The number of hydrogen-bond acceptors (Lipinski definition) is 4. The number of H-pyrrole nitrogens is 1. The number of anilines is 1. The Morgan fingerprint density at radius 1 is 1.57 bits per heavy atom.